The highest BCUT2D eigenvalue weighted by Crippen LogP contribution is 2.46. The molecule has 1 heterocycles. The number of rotatable bonds is 6. The Bertz CT molecular complexity index is 1190. The summed E-state index contributed by atoms with van der Waals surface area (Å²) >= 11 is 0. The maximum atomic E-state index is 5.81. The third kappa shape index (κ3) is 3.60. The van der Waals surface area contributed by atoms with Crippen molar-refractivity contribution in [3.05, 3.63) is 84.1 Å². The van der Waals surface area contributed by atoms with E-state index < -0.39 is 0 Å². The lowest BCUT2D eigenvalue weighted by atomic mass is 9.97. The second kappa shape index (κ2) is 8.70. The zero-order valence-corrected chi connectivity index (χ0v) is 17.3. The van der Waals surface area contributed by atoms with Crippen molar-refractivity contribution in [2.24, 2.45) is 0 Å². The number of nitrogens with zero attached hydrogens (tertiary/aromatic N) is 1. The van der Waals surface area contributed by atoms with Gasteiger partial charge in [-0.3, -0.25) is 4.98 Å². The number of methoxy groups -OCH3 is 3. The zero-order valence-electron chi connectivity index (χ0n) is 17.3. The van der Waals surface area contributed by atoms with Gasteiger partial charge in [-0.1, -0.05) is 72.8 Å². The molecule has 30 heavy (non-hydrogen) atoms. The van der Waals surface area contributed by atoms with Crippen LogP contribution in [-0.2, 0) is 0 Å². The van der Waals surface area contributed by atoms with Gasteiger partial charge in [-0.2, -0.15) is 0 Å². The molecule has 0 amide bonds. The van der Waals surface area contributed by atoms with Crippen LogP contribution in [-0.4, -0.2) is 26.3 Å². The quantitative estimate of drug-likeness (QED) is 0.394. The largest absolute Gasteiger partial charge is 0.493 e. The summed E-state index contributed by atoms with van der Waals surface area (Å²) in [5.74, 6) is 1.79. The Morgan fingerprint density at radius 2 is 1.40 bits per heavy atom. The highest BCUT2D eigenvalue weighted by Gasteiger charge is 2.20. The van der Waals surface area contributed by atoms with E-state index in [9.17, 15) is 0 Å². The SMILES string of the molecule is COc1cc2cnc(-c3ccccc3)c(/C=C/c3ccccc3)c2c(OC)c1OC. The predicted molar refractivity (Wildman–Crippen MR) is 122 cm³/mol. The van der Waals surface area contributed by atoms with Crippen molar-refractivity contribution < 1.29 is 14.2 Å². The van der Waals surface area contributed by atoms with Crippen LogP contribution in [0.3, 0.4) is 0 Å². The molecule has 0 aliphatic rings. The standard InChI is InChI=1S/C26H23NO3/c1-28-22-16-20-17-27-24(19-12-8-5-9-13-19)21(15-14-18-10-6-4-7-11-18)23(20)26(30-3)25(22)29-2/h4-17H,1-3H3/b15-14+. The molecule has 4 nitrogen and oxygen atoms in total. The molecular weight excluding hydrogens is 374 g/mol. The molecular formula is C26H23NO3. The molecule has 4 rings (SSSR count). The molecule has 3 aromatic carbocycles. The van der Waals surface area contributed by atoms with Crippen LogP contribution >= 0.6 is 0 Å². The van der Waals surface area contributed by atoms with E-state index in [0.717, 1.165) is 33.2 Å². The average Bonchev–Trinajstić information content (AvgIpc) is 2.82. The van der Waals surface area contributed by atoms with Gasteiger partial charge in [-0.25, -0.2) is 0 Å². The molecule has 0 aliphatic heterocycles. The van der Waals surface area contributed by atoms with Crippen molar-refractivity contribution in [3.8, 4) is 28.5 Å². The number of fused-ring (bicyclic) bond motifs is 1. The molecule has 0 spiro atoms. The fourth-order valence-corrected chi connectivity index (χ4v) is 3.61. The maximum absolute atomic E-state index is 5.81. The van der Waals surface area contributed by atoms with Crippen LogP contribution in [0.1, 0.15) is 11.1 Å². The molecule has 0 bridgehead atoms. The second-order valence-corrected chi connectivity index (χ2v) is 6.74. The highest BCUT2D eigenvalue weighted by atomic mass is 16.5. The lowest BCUT2D eigenvalue weighted by Crippen LogP contribution is -1.99. The summed E-state index contributed by atoms with van der Waals surface area (Å²) in [5.41, 5.74) is 3.97. The fourth-order valence-electron chi connectivity index (χ4n) is 3.61. The van der Waals surface area contributed by atoms with Crippen LogP contribution < -0.4 is 14.2 Å². The first-order chi connectivity index (χ1) is 14.8. The van der Waals surface area contributed by atoms with E-state index >= 15 is 0 Å². The normalized spacial score (nSPS) is 11.0. The zero-order chi connectivity index (χ0) is 20.9. The minimum atomic E-state index is 0.562. The summed E-state index contributed by atoms with van der Waals surface area (Å²) in [6.07, 6.45) is 6.02. The fraction of sp³-hybridized carbons (Fsp3) is 0.115. The topological polar surface area (TPSA) is 40.6 Å². The van der Waals surface area contributed by atoms with Crippen molar-refractivity contribution in [1.29, 1.82) is 0 Å². The van der Waals surface area contributed by atoms with Crippen LogP contribution in [0.15, 0.2) is 72.9 Å². The Morgan fingerprint density at radius 3 is 2.03 bits per heavy atom. The number of hydrogen-bond acceptors (Lipinski definition) is 4. The van der Waals surface area contributed by atoms with Crippen molar-refractivity contribution in [3.63, 3.8) is 0 Å². The summed E-state index contributed by atoms with van der Waals surface area (Å²) in [4.78, 5) is 4.79. The molecule has 4 aromatic rings. The van der Waals surface area contributed by atoms with Crippen LogP contribution in [0.2, 0.25) is 0 Å². The van der Waals surface area contributed by atoms with Crippen LogP contribution in [0.5, 0.6) is 17.2 Å². The third-order valence-electron chi connectivity index (χ3n) is 5.01. The minimum absolute atomic E-state index is 0.562. The third-order valence-corrected chi connectivity index (χ3v) is 5.01. The van der Waals surface area contributed by atoms with Gasteiger partial charge in [0.15, 0.2) is 11.5 Å². The first-order valence-corrected chi connectivity index (χ1v) is 9.67. The van der Waals surface area contributed by atoms with Gasteiger partial charge in [0.2, 0.25) is 5.75 Å². The van der Waals surface area contributed by atoms with E-state index in [1.165, 1.54) is 0 Å². The summed E-state index contributed by atoms with van der Waals surface area (Å²) in [7, 11) is 4.88. The van der Waals surface area contributed by atoms with E-state index in [-0.39, 0.29) is 0 Å². The molecule has 0 unspecified atom stereocenters. The second-order valence-electron chi connectivity index (χ2n) is 6.74. The summed E-state index contributed by atoms with van der Waals surface area (Å²) in [5, 5.41) is 1.84. The number of pyridine rings is 1. The van der Waals surface area contributed by atoms with E-state index in [2.05, 4.69) is 36.4 Å². The summed E-state index contributed by atoms with van der Waals surface area (Å²) in [6.45, 7) is 0. The van der Waals surface area contributed by atoms with Gasteiger partial charge in [0, 0.05) is 28.1 Å². The molecule has 0 radical (unpaired) electrons. The number of benzene rings is 3. The highest BCUT2D eigenvalue weighted by molar-refractivity contribution is 6.03. The maximum Gasteiger partial charge on any atom is 0.203 e. The minimum Gasteiger partial charge on any atom is -0.493 e. The van der Waals surface area contributed by atoms with Crippen molar-refractivity contribution in [2.75, 3.05) is 21.3 Å². The van der Waals surface area contributed by atoms with E-state index in [4.69, 9.17) is 19.2 Å². The van der Waals surface area contributed by atoms with Crippen molar-refractivity contribution >= 4 is 22.9 Å². The summed E-state index contributed by atoms with van der Waals surface area (Å²) in [6, 6.07) is 22.2. The Balaban J connectivity index is 2.05. The number of aromatic nitrogens is 1. The van der Waals surface area contributed by atoms with Crippen molar-refractivity contribution in [1.82, 2.24) is 4.98 Å². The lowest BCUT2D eigenvalue weighted by Gasteiger charge is -2.18. The van der Waals surface area contributed by atoms with Crippen LogP contribution in [0.25, 0.3) is 34.2 Å². The van der Waals surface area contributed by atoms with Gasteiger partial charge in [0.05, 0.1) is 27.0 Å². The molecule has 1 aromatic heterocycles. The first-order valence-electron chi connectivity index (χ1n) is 9.67. The Labute approximate surface area is 176 Å². The molecule has 0 saturated carbocycles. The molecule has 4 heteroatoms. The van der Waals surface area contributed by atoms with E-state index in [1.54, 1.807) is 21.3 Å². The van der Waals surface area contributed by atoms with Gasteiger partial charge >= 0.3 is 0 Å². The average molecular weight is 397 g/mol. The predicted octanol–water partition coefficient (Wildman–Crippen LogP) is 6.10. The van der Waals surface area contributed by atoms with Crippen LogP contribution in [0, 0.1) is 0 Å². The lowest BCUT2D eigenvalue weighted by molar-refractivity contribution is 0.327. The molecule has 0 atom stereocenters. The Hall–Kier alpha value is -3.79. The van der Waals surface area contributed by atoms with Gasteiger partial charge < -0.3 is 14.2 Å². The molecule has 150 valence electrons. The number of hydrogen-bond donors (Lipinski definition) is 0. The van der Waals surface area contributed by atoms with Crippen molar-refractivity contribution in [2.45, 2.75) is 0 Å². The Morgan fingerprint density at radius 1 is 0.733 bits per heavy atom. The Kier molecular flexibility index (Phi) is 5.66. The van der Waals surface area contributed by atoms with Crippen LogP contribution in [0.4, 0.5) is 0 Å². The van der Waals surface area contributed by atoms with E-state index in [0.29, 0.717) is 17.2 Å². The van der Waals surface area contributed by atoms with Gasteiger partial charge in [0.1, 0.15) is 0 Å². The smallest absolute Gasteiger partial charge is 0.203 e. The number of ether oxygens (including phenoxy) is 3. The monoisotopic (exact) mass is 397 g/mol. The van der Waals surface area contributed by atoms with Gasteiger partial charge in [-0.15, -0.1) is 0 Å². The molecule has 0 saturated heterocycles. The molecule has 0 fully saturated rings. The summed E-state index contributed by atoms with van der Waals surface area (Å²) < 4.78 is 17.0. The first kappa shape index (κ1) is 19.5. The van der Waals surface area contributed by atoms with E-state index in [1.807, 2.05) is 48.7 Å². The molecule has 0 aliphatic carbocycles. The van der Waals surface area contributed by atoms with Gasteiger partial charge in [0.25, 0.3) is 0 Å². The van der Waals surface area contributed by atoms with Gasteiger partial charge in [-0.05, 0) is 11.6 Å². The molecule has 0 N–H and O–H groups in total.